The number of nitrogen functional groups attached to an aromatic ring is 1. The molecule has 0 radical (unpaired) electrons. The first kappa shape index (κ1) is 13.0. The normalized spacial score (nSPS) is 10.4. The number of nitrogens with zero attached hydrogens (tertiary/aromatic N) is 2. The lowest BCUT2D eigenvalue weighted by atomic mass is 10.1. The van der Waals surface area contributed by atoms with E-state index in [0.717, 1.165) is 21.6 Å². The second kappa shape index (κ2) is 5.03. The van der Waals surface area contributed by atoms with Crippen LogP contribution >= 0.6 is 27.5 Å². The SMILES string of the molecule is Cc1nsc(NC(=O)c2cc(Br)cc(N)c2C)n1. The molecule has 5 nitrogen and oxygen atoms in total. The summed E-state index contributed by atoms with van der Waals surface area (Å²) in [6.45, 7) is 3.58. The number of benzene rings is 1. The van der Waals surface area contributed by atoms with E-state index in [4.69, 9.17) is 5.73 Å². The van der Waals surface area contributed by atoms with Gasteiger partial charge in [-0.2, -0.15) is 4.37 Å². The highest BCUT2D eigenvalue weighted by molar-refractivity contribution is 9.10. The monoisotopic (exact) mass is 326 g/mol. The van der Waals surface area contributed by atoms with Crippen molar-refractivity contribution in [3.63, 3.8) is 0 Å². The van der Waals surface area contributed by atoms with Crippen molar-refractivity contribution in [1.29, 1.82) is 0 Å². The minimum absolute atomic E-state index is 0.239. The van der Waals surface area contributed by atoms with Gasteiger partial charge in [0.15, 0.2) is 0 Å². The maximum atomic E-state index is 12.1. The number of rotatable bonds is 2. The Morgan fingerprint density at radius 3 is 2.78 bits per heavy atom. The van der Waals surface area contributed by atoms with Gasteiger partial charge in [0, 0.05) is 27.3 Å². The maximum absolute atomic E-state index is 12.1. The van der Waals surface area contributed by atoms with Crippen molar-refractivity contribution < 1.29 is 4.79 Å². The summed E-state index contributed by atoms with van der Waals surface area (Å²) in [5.41, 5.74) is 7.66. The Hall–Kier alpha value is -1.47. The zero-order valence-electron chi connectivity index (χ0n) is 9.82. The lowest BCUT2D eigenvalue weighted by molar-refractivity contribution is 0.102. The first-order valence-electron chi connectivity index (χ1n) is 5.14. The summed E-state index contributed by atoms with van der Waals surface area (Å²) in [5, 5.41) is 3.19. The largest absolute Gasteiger partial charge is 0.398 e. The van der Waals surface area contributed by atoms with Crippen LogP contribution in [0.2, 0.25) is 0 Å². The Bertz CT molecular complexity index is 611. The van der Waals surface area contributed by atoms with E-state index < -0.39 is 0 Å². The molecule has 0 bridgehead atoms. The van der Waals surface area contributed by atoms with E-state index in [-0.39, 0.29) is 5.91 Å². The molecule has 0 aliphatic rings. The number of aryl methyl sites for hydroxylation is 1. The van der Waals surface area contributed by atoms with E-state index >= 15 is 0 Å². The van der Waals surface area contributed by atoms with Crippen molar-refractivity contribution in [3.8, 4) is 0 Å². The van der Waals surface area contributed by atoms with Crippen molar-refractivity contribution in [3.05, 3.63) is 33.6 Å². The summed E-state index contributed by atoms with van der Waals surface area (Å²) < 4.78 is 4.77. The quantitative estimate of drug-likeness (QED) is 0.831. The standard InChI is InChI=1S/C11H11BrN4OS/c1-5-8(3-7(12)4-9(5)13)10(17)15-11-14-6(2)16-18-11/h3-4H,13H2,1-2H3,(H,14,15,16,17). The van der Waals surface area contributed by atoms with Gasteiger partial charge in [-0.15, -0.1) is 0 Å². The van der Waals surface area contributed by atoms with E-state index in [0.29, 0.717) is 22.2 Å². The highest BCUT2D eigenvalue weighted by Crippen LogP contribution is 2.23. The third-order valence-corrected chi connectivity index (χ3v) is 3.58. The lowest BCUT2D eigenvalue weighted by Gasteiger charge is -2.08. The molecule has 94 valence electrons. The van der Waals surface area contributed by atoms with Crippen LogP contribution in [0.5, 0.6) is 0 Å². The fraction of sp³-hybridized carbons (Fsp3) is 0.182. The molecular formula is C11H11BrN4OS. The number of amides is 1. The van der Waals surface area contributed by atoms with E-state index in [2.05, 4.69) is 30.6 Å². The third-order valence-electron chi connectivity index (χ3n) is 2.41. The van der Waals surface area contributed by atoms with Crippen molar-refractivity contribution >= 4 is 44.2 Å². The lowest BCUT2D eigenvalue weighted by Crippen LogP contribution is -2.14. The summed E-state index contributed by atoms with van der Waals surface area (Å²) >= 11 is 4.47. The van der Waals surface area contributed by atoms with Gasteiger partial charge in [-0.05, 0) is 31.5 Å². The van der Waals surface area contributed by atoms with Gasteiger partial charge in [0.25, 0.3) is 5.91 Å². The van der Waals surface area contributed by atoms with Gasteiger partial charge in [-0.3, -0.25) is 10.1 Å². The van der Waals surface area contributed by atoms with E-state index in [1.54, 1.807) is 19.1 Å². The van der Waals surface area contributed by atoms with E-state index in [1.807, 2.05) is 6.92 Å². The molecular weight excluding hydrogens is 316 g/mol. The Kier molecular flexibility index (Phi) is 3.63. The summed E-state index contributed by atoms with van der Waals surface area (Å²) in [5.74, 6) is 0.400. The van der Waals surface area contributed by atoms with Gasteiger partial charge >= 0.3 is 0 Å². The average molecular weight is 327 g/mol. The molecule has 1 amide bonds. The highest BCUT2D eigenvalue weighted by Gasteiger charge is 2.14. The van der Waals surface area contributed by atoms with Crippen LogP contribution < -0.4 is 11.1 Å². The van der Waals surface area contributed by atoms with Gasteiger partial charge in [0.05, 0.1) is 0 Å². The van der Waals surface area contributed by atoms with Crippen LogP contribution in [-0.2, 0) is 0 Å². The molecule has 0 saturated heterocycles. The zero-order chi connectivity index (χ0) is 13.3. The van der Waals surface area contributed by atoms with Crippen LogP contribution in [0.3, 0.4) is 0 Å². The van der Waals surface area contributed by atoms with Gasteiger partial charge in [0.1, 0.15) is 5.82 Å². The zero-order valence-corrected chi connectivity index (χ0v) is 12.2. The predicted octanol–water partition coefficient (Wildman–Crippen LogP) is 2.75. The number of anilines is 2. The summed E-state index contributed by atoms with van der Waals surface area (Å²) in [7, 11) is 0. The number of aromatic nitrogens is 2. The first-order valence-corrected chi connectivity index (χ1v) is 6.71. The molecule has 0 atom stereocenters. The number of carbonyl (C=O) groups is 1. The fourth-order valence-corrected chi connectivity index (χ4v) is 2.49. The number of nitrogens with one attached hydrogen (secondary N) is 1. The Balaban J connectivity index is 2.29. The van der Waals surface area contributed by atoms with Crippen LogP contribution in [0, 0.1) is 13.8 Å². The summed E-state index contributed by atoms with van der Waals surface area (Å²) in [6.07, 6.45) is 0. The Morgan fingerprint density at radius 1 is 1.44 bits per heavy atom. The van der Waals surface area contributed by atoms with Crippen LogP contribution in [-0.4, -0.2) is 15.3 Å². The average Bonchev–Trinajstić information content (AvgIpc) is 2.69. The van der Waals surface area contributed by atoms with Gasteiger partial charge in [0.2, 0.25) is 5.13 Å². The molecule has 1 aromatic heterocycles. The molecule has 1 aromatic carbocycles. The summed E-state index contributed by atoms with van der Waals surface area (Å²) in [4.78, 5) is 16.2. The smallest absolute Gasteiger partial charge is 0.257 e. The van der Waals surface area contributed by atoms with Crippen LogP contribution in [0.1, 0.15) is 21.7 Å². The number of halogens is 1. The molecule has 7 heteroatoms. The van der Waals surface area contributed by atoms with Crippen molar-refractivity contribution in [2.24, 2.45) is 0 Å². The molecule has 3 N–H and O–H groups in total. The summed E-state index contributed by atoms with van der Waals surface area (Å²) in [6, 6.07) is 3.50. The maximum Gasteiger partial charge on any atom is 0.257 e. The second-order valence-electron chi connectivity index (χ2n) is 3.77. The van der Waals surface area contributed by atoms with Crippen molar-refractivity contribution in [2.45, 2.75) is 13.8 Å². The minimum atomic E-state index is -0.239. The minimum Gasteiger partial charge on any atom is -0.398 e. The third kappa shape index (κ3) is 2.68. The molecule has 2 aromatic rings. The van der Waals surface area contributed by atoms with E-state index in [1.165, 1.54) is 0 Å². The molecule has 18 heavy (non-hydrogen) atoms. The fourth-order valence-electron chi connectivity index (χ4n) is 1.45. The van der Waals surface area contributed by atoms with Gasteiger partial charge in [-0.1, -0.05) is 15.9 Å². The molecule has 0 saturated carbocycles. The van der Waals surface area contributed by atoms with Gasteiger partial charge in [-0.25, -0.2) is 4.98 Å². The molecule has 0 aliphatic heterocycles. The first-order chi connectivity index (χ1) is 8.47. The van der Waals surface area contributed by atoms with E-state index in [9.17, 15) is 4.79 Å². The molecule has 1 heterocycles. The number of hydrogen-bond donors (Lipinski definition) is 2. The van der Waals surface area contributed by atoms with Gasteiger partial charge < -0.3 is 5.73 Å². The van der Waals surface area contributed by atoms with Crippen LogP contribution in [0.15, 0.2) is 16.6 Å². The number of hydrogen-bond acceptors (Lipinski definition) is 5. The Labute approximate surface area is 117 Å². The molecule has 0 fully saturated rings. The topological polar surface area (TPSA) is 80.9 Å². The van der Waals surface area contributed by atoms with Crippen molar-refractivity contribution in [1.82, 2.24) is 9.36 Å². The second-order valence-corrected chi connectivity index (χ2v) is 5.44. The molecule has 0 unspecified atom stereocenters. The molecule has 0 spiro atoms. The highest BCUT2D eigenvalue weighted by atomic mass is 79.9. The number of carbonyl (C=O) groups excluding carboxylic acids is 1. The molecule has 2 rings (SSSR count). The number of nitrogens with two attached hydrogens (primary N) is 1. The van der Waals surface area contributed by atoms with Crippen molar-refractivity contribution in [2.75, 3.05) is 11.1 Å². The Morgan fingerprint density at radius 2 is 2.17 bits per heavy atom. The van der Waals surface area contributed by atoms with Crippen LogP contribution in [0.25, 0.3) is 0 Å². The molecule has 0 aliphatic carbocycles. The van der Waals surface area contributed by atoms with Crippen LogP contribution in [0.4, 0.5) is 10.8 Å². The predicted molar refractivity (Wildman–Crippen MR) is 75.9 cm³/mol.